The predicted molar refractivity (Wildman–Crippen MR) is 242 cm³/mol. The Balaban J connectivity index is 2.50. The number of hydrogen-bond donors (Lipinski definition) is 15. The van der Waals surface area contributed by atoms with E-state index in [0.717, 1.165) is 0 Å². The molecule has 0 bridgehead atoms. The normalized spacial score (nSPS) is 15.1. The van der Waals surface area contributed by atoms with Crippen molar-refractivity contribution < 1.29 is 73.8 Å². The maximum Gasteiger partial charge on any atom is 0.326 e. The van der Waals surface area contributed by atoms with Crippen molar-refractivity contribution in [1.29, 1.82) is 0 Å². The lowest BCUT2D eigenvalue weighted by atomic mass is 10.0. The number of nitrogens with two attached hydrogens (primary N) is 2. The molecule has 376 valence electrons. The smallest absolute Gasteiger partial charge is 0.326 e. The summed E-state index contributed by atoms with van der Waals surface area (Å²) in [6.45, 7) is 2.50. The van der Waals surface area contributed by atoms with Crippen molar-refractivity contribution >= 4 is 53.3 Å². The van der Waals surface area contributed by atoms with Gasteiger partial charge in [0.15, 0.2) is 0 Å². The number of rotatable bonds is 30. The molecule has 0 saturated carbocycles. The second-order valence-corrected chi connectivity index (χ2v) is 16.3. The van der Waals surface area contributed by atoms with E-state index >= 15 is 0 Å². The molecule has 24 heteroatoms. The fourth-order valence-electron chi connectivity index (χ4n) is 6.44. The van der Waals surface area contributed by atoms with Crippen LogP contribution in [0, 0.1) is 5.92 Å². The van der Waals surface area contributed by atoms with Crippen molar-refractivity contribution in [3.63, 3.8) is 0 Å². The third-order valence-corrected chi connectivity index (χ3v) is 10.5. The van der Waals surface area contributed by atoms with Gasteiger partial charge >= 0.3 is 11.9 Å². The average Bonchev–Trinajstić information content (AvgIpc) is 3.29. The number of phenols is 1. The maximum absolute atomic E-state index is 14.3. The van der Waals surface area contributed by atoms with Gasteiger partial charge in [0.05, 0.1) is 19.3 Å². The first-order valence-corrected chi connectivity index (χ1v) is 21.9. The van der Waals surface area contributed by atoms with Crippen LogP contribution in [-0.4, -0.2) is 158 Å². The summed E-state index contributed by atoms with van der Waals surface area (Å²) >= 11 is 0. The fraction of sp³-hybridized carbons (Fsp3) is 0.523. The number of nitrogens with one attached hydrogen (secondary N) is 7. The highest BCUT2D eigenvalue weighted by Gasteiger charge is 2.35. The molecule has 2 rings (SSSR count). The molecule has 0 saturated heterocycles. The van der Waals surface area contributed by atoms with Gasteiger partial charge in [-0.1, -0.05) is 56.3 Å². The van der Waals surface area contributed by atoms with Gasteiger partial charge in [0.1, 0.15) is 54.1 Å². The van der Waals surface area contributed by atoms with Gasteiger partial charge in [-0.25, -0.2) is 4.79 Å². The van der Waals surface area contributed by atoms with Gasteiger partial charge in [0.25, 0.3) is 0 Å². The minimum Gasteiger partial charge on any atom is -0.508 e. The van der Waals surface area contributed by atoms with E-state index in [0.29, 0.717) is 17.5 Å². The molecule has 0 unspecified atom stereocenters. The molecule has 0 aliphatic heterocycles. The summed E-state index contributed by atoms with van der Waals surface area (Å²) in [4.78, 5) is 118. The Kier molecular flexibility index (Phi) is 24.6. The number of amides is 7. The van der Waals surface area contributed by atoms with Gasteiger partial charge in [-0.3, -0.25) is 38.4 Å². The van der Waals surface area contributed by atoms with Crippen LogP contribution in [0.15, 0.2) is 54.6 Å². The topological polar surface area (TPSA) is 411 Å². The zero-order chi connectivity index (χ0) is 51.1. The Morgan fingerprint density at radius 2 is 0.956 bits per heavy atom. The molecule has 7 amide bonds. The van der Waals surface area contributed by atoms with Gasteiger partial charge in [0.2, 0.25) is 41.4 Å². The lowest BCUT2D eigenvalue weighted by Crippen LogP contribution is -2.61. The molecule has 0 fully saturated rings. The van der Waals surface area contributed by atoms with Crippen molar-refractivity contribution in [2.75, 3.05) is 19.8 Å². The van der Waals surface area contributed by atoms with Crippen LogP contribution in [0.25, 0.3) is 0 Å². The van der Waals surface area contributed by atoms with E-state index in [1.165, 1.54) is 45.0 Å². The summed E-state index contributed by atoms with van der Waals surface area (Å²) in [6.07, 6.45) is -2.40. The number of carboxylic acid groups (broad SMARTS) is 2. The van der Waals surface area contributed by atoms with E-state index in [-0.39, 0.29) is 38.0 Å². The number of carboxylic acids is 2. The van der Waals surface area contributed by atoms with Crippen molar-refractivity contribution in [3.05, 3.63) is 65.7 Å². The predicted octanol–water partition coefficient (Wildman–Crippen LogP) is -4.00. The number of hydrogen-bond acceptors (Lipinski definition) is 15. The van der Waals surface area contributed by atoms with Crippen LogP contribution in [0.1, 0.15) is 64.0 Å². The zero-order valence-electron chi connectivity index (χ0n) is 38.1. The highest BCUT2D eigenvalue weighted by molar-refractivity contribution is 5.98. The van der Waals surface area contributed by atoms with Crippen LogP contribution < -0.4 is 48.7 Å². The molecule has 0 spiro atoms. The third kappa shape index (κ3) is 19.6. The second kappa shape index (κ2) is 29.1. The van der Waals surface area contributed by atoms with Crippen molar-refractivity contribution in [2.45, 2.75) is 120 Å². The van der Waals surface area contributed by atoms with Crippen LogP contribution in [0.4, 0.5) is 0 Å². The van der Waals surface area contributed by atoms with Crippen LogP contribution in [-0.2, 0) is 56.0 Å². The van der Waals surface area contributed by atoms with Gasteiger partial charge < -0.3 is 79.3 Å². The number of aliphatic hydroxyl groups excluding tert-OH is 3. The molecule has 9 atom stereocenters. The summed E-state index contributed by atoms with van der Waals surface area (Å²) in [5, 5.41) is 75.2. The first kappa shape index (κ1) is 57.4. The molecule has 0 heterocycles. The summed E-state index contributed by atoms with van der Waals surface area (Å²) in [7, 11) is 0. The van der Waals surface area contributed by atoms with Crippen LogP contribution >= 0.6 is 0 Å². The zero-order valence-corrected chi connectivity index (χ0v) is 38.1. The summed E-state index contributed by atoms with van der Waals surface area (Å²) in [5.74, 6) is -10.6. The molecule has 2 aromatic rings. The molecule has 2 aromatic carbocycles. The number of aliphatic carboxylic acids is 2. The molecule has 0 radical (unpaired) electrons. The number of phenolic OH excluding ortho intramolecular Hbond substituents is 1. The number of unbranched alkanes of at least 4 members (excludes halogenated alkanes) is 1. The van der Waals surface area contributed by atoms with Crippen molar-refractivity contribution in [2.24, 2.45) is 17.4 Å². The van der Waals surface area contributed by atoms with Gasteiger partial charge in [-0.15, -0.1) is 0 Å². The van der Waals surface area contributed by atoms with E-state index < -0.39 is 140 Å². The second-order valence-electron chi connectivity index (χ2n) is 16.3. The van der Waals surface area contributed by atoms with E-state index in [1.54, 1.807) is 30.3 Å². The van der Waals surface area contributed by atoms with Gasteiger partial charge in [0, 0.05) is 19.3 Å². The van der Waals surface area contributed by atoms with E-state index in [1.807, 2.05) is 0 Å². The first-order chi connectivity index (χ1) is 32.1. The number of benzene rings is 2. The monoisotopic (exact) mass is 959 g/mol. The quantitative estimate of drug-likeness (QED) is 0.0332. The minimum atomic E-state index is -1.73. The highest BCUT2D eigenvalue weighted by atomic mass is 16.4. The lowest BCUT2D eigenvalue weighted by molar-refractivity contribution is -0.144. The highest BCUT2D eigenvalue weighted by Crippen LogP contribution is 2.14. The molecule has 0 aliphatic carbocycles. The molecule has 0 aromatic heterocycles. The average molecular weight is 960 g/mol. The Hall–Kier alpha value is -6.73. The third-order valence-electron chi connectivity index (χ3n) is 10.5. The van der Waals surface area contributed by atoms with E-state index in [2.05, 4.69) is 37.2 Å². The molecule has 68 heavy (non-hydrogen) atoms. The van der Waals surface area contributed by atoms with Gasteiger partial charge in [-0.05, 0) is 68.3 Å². The fourth-order valence-corrected chi connectivity index (χ4v) is 6.44. The van der Waals surface area contributed by atoms with Crippen LogP contribution in [0.3, 0.4) is 0 Å². The van der Waals surface area contributed by atoms with E-state index in [9.17, 15) is 73.8 Å². The summed E-state index contributed by atoms with van der Waals surface area (Å²) < 4.78 is 0. The van der Waals surface area contributed by atoms with Crippen LogP contribution in [0.2, 0.25) is 0 Å². The van der Waals surface area contributed by atoms with Crippen molar-refractivity contribution in [3.8, 4) is 5.75 Å². The largest absolute Gasteiger partial charge is 0.508 e. The Labute approximate surface area is 392 Å². The molecule has 17 N–H and O–H groups in total. The Morgan fingerprint density at radius 1 is 0.544 bits per heavy atom. The lowest BCUT2D eigenvalue weighted by Gasteiger charge is -2.28. The Bertz CT molecular complexity index is 2010. The summed E-state index contributed by atoms with van der Waals surface area (Å²) in [6, 6.07) is 1.43. The minimum absolute atomic E-state index is 0.0608. The number of aliphatic hydroxyl groups is 3. The molecule has 24 nitrogen and oxygen atoms in total. The number of carbonyl (C=O) groups is 9. The summed E-state index contributed by atoms with van der Waals surface area (Å²) in [5.41, 5.74) is 12.3. The molecular weight excluding hydrogens is 895 g/mol. The van der Waals surface area contributed by atoms with Crippen LogP contribution in [0.5, 0.6) is 5.75 Å². The Morgan fingerprint density at radius 3 is 1.40 bits per heavy atom. The molecule has 0 aliphatic rings. The number of carbonyl (C=O) groups excluding carboxylic acids is 7. The maximum atomic E-state index is 14.3. The van der Waals surface area contributed by atoms with Gasteiger partial charge in [-0.2, -0.15) is 0 Å². The van der Waals surface area contributed by atoms with Crippen molar-refractivity contribution in [1.82, 2.24) is 37.2 Å². The number of aromatic hydroxyl groups is 1. The first-order valence-electron chi connectivity index (χ1n) is 21.9. The van der Waals surface area contributed by atoms with E-state index in [4.69, 9.17) is 11.5 Å². The standard InChI is InChI=1S/C44H65N9O15/c1-23(2)36(44(67)68)53-42(65)33(22-55)51-38(61)29(16-17-34(58)59)48-40(63)30(19-25-9-5-4-6-10-25)49-37(60)28(11-7-8-18-45)47-39(62)31(20-26-12-14-27(57)15-13-26)50-41(64)32(21-54)52-43(66)35(46)24(3)56/h4-6,9-10,12-15,23-24,28-33,35-36,54-57H,7-8,11,16-22,45-46H2,1-3H3,(H,47,62)(H,48,63)(H,49,60)(H,50,64)(H,51,61)(H,52,66)(H,53,65)(H,58,59)(H,67,68)/t24-,28+,29+,30+,31+,32+,33+,35+,36+/m1/s1. The SMILES string of the molecule is CC(C)[C@H](NC(=O)[C@H](CO)NC(=O)[C@H](CCC(=O)O)NC(=O)[C@H](Cc1ccccc1)NC(=O)[C@H](CCCCN)NC(=O)[C@H](Cc1ccc(O)cc1)NC(=O)[C@H](CO)NC(=O)[C@@H](N)[C@@H](C)O)C(=O)O. The molecular formula is C44H65N9O15.